The van der Waals surface area contributed by atoms with E-state index in [2.05, 4.69) is 9.72 Å². The highest BCUT2D eigenvalue weighted by atomic mass is 19.4. The summed E-state index contributed by atoms with van der Waals surface area (Å²) in [6, 6.07) is 1.79. The standard InChI is InChI=1S/C16H18F6N2O3/c1-3-10(2)7-24(13(25)14(26)27-9-15(17,18)19)8-12-5-4-11(6-23-12)16(20,21)22/h4-6,10H,3,7-9H2,1-2H3/t10-/m1/s1. The summed E-state index contributed by atoms with van der Waals surface area (Å²) < 4.78 is 78.0. The number of rotatable bonds is 6. The predicted molar refractivity (Wildman–Crippen MR) is 81.1 cm³/mol. The number of carbonyl (C=O) groups excluding carboxylic acids is 2. The fourth-order valence-electron chi connectivity index (χ4n) is 1.94. The van der Waals surface area contributed by atoms with Gasteiger partial charge in [0.1, 0.15) is 0 Å². The molecule has 0 saturated carbocycles. The Morgan fingerprint density at radius 1 is 1.19 bits per heavy atom. The fraction of sp³-hybridized carbons (Fsp3) is 0.562. The van der Waals surface area contributed by atoms with Crippen molar-refractivity contribution in [1.29, 1.82) is 0 Å². The minimum Gasteiger partial charge on any atom is -0.449 e. The van der Waals surface area contributed by atoms with Gasteiger partial charge >= 0.3 is 24.2 Å². The number of alkyl halides is 6. The quantitative estimate of drug-likeness (QED) is 0.416. The third-order valence-corrected chi connectivity index (χ3v) is 3.56. The molecule has 0 bridgehead atoms. The summed E-state index contributed by atoms with van der Waals surface area (Å²) in [6.07, 6.45) is -8.20. The van der Waals surface area contributed by atoms with Crippen LogP contribution in [0.5, 0.6) is 0 Å². The molecule has 11 heteroatoms. The summed E-state index contributed by atoms with van der Waals surface area (Å²) in [6.45, 7) is 1.28. The Labute approximate surface area is 151 Å². The van der Waals surface area contributed by atoms with Crippen molar-refractivity contribution in [1.82, 2.24) is 9.88 Å². The van der Waals surface area contributed by atoms with Gasteiger partial charge in [-0.2, -0.15) is 26.3 Å². The number of esters is 1. The first-order valence-electron chi connectivity index (χ1n) is 7.88. The van der Waals surface area contributed by atoms with Gasteiger partial charge in [0.05, 0.1) is 17.8 Å². The van der Waals surface area contributed by atoms with Gasteiger partial charge in [0, 0.05) is 12.7 Å². The lowest BCUT2D eigenvalue weighted by Gasteiger charge is -2.24. The topological polar surface area (TPSA) is 59.5 Å². The zero-order valence-corrected chi connectivity index (χ0v) is 14.5. The molecule has 1 heterocycles. The normalized spacial score (nSPS) is 13.2. The molecule has 5 nitrogen and oxygen atoms in total. The molecule has 1 aromatic rings. The molecular weight excluding hydrogens is 382 g/mol. The third kappa shape index (κ3) is 7.83. The van der Waals surface area contributed by atoms with Crippen LogP contribution in [0.1, 0.15) is 31.5 Å². The van der Waals surface area contributed by atoms with Crippen LogP contribution in [0, 0.1) is 5.92 Å². The van der Waals surface area contributed by atoms with Gasteiger partial charge in [-0.05, 0) is 18.1 Å². The molecule has 0 spiro atoms. The molecule has 27 heavy (non-hydrogen) atoms. The maximum Gasteiger partial charge on any atom is 0.422 e. The van der Waals surface area contributed by atoms with Crippen molar-refractivity contribution < 1.29 is 40.7 Å². The predicted octanol–water partition coefficient (Wildman–Crippen LogP) is 3.58. The van der Waals surface area contributed by atoms with Gasteiger partial charge in [0.2, 0.25) is 0 Å². The summed E-state index contributed by atoms with van der Waals surface area (Å²) >= 11 is 0. The summed E-state index contributed by atoms with van der Waals surface area (Å²) in [5.74, 6) is -3.12. The van der Waals surface area contributed by atoms with Crippen LogP contribution in [0.3, 0.4) is 0 Å². The number of carbonyl (C=O) groups is 2. The molecule has 0 fully saturated rings. The maximum atomic E-state index is 12.6. The zero-order valence-electron chi connectivity index (χ0n) is 14.5. The molecule has 0 aliphatic carbocycles. The van der Waals surface area contributed by atoms with Crippen LogP contribution in [0.2, 0.25) is 0 Å². The average Bonchev–Trinajstić information content (AvgIpc) is 2.57. The molecule has 1 rings (SSSR count). The molecule has 0 radical (unpaired) electrons. The van der Waals surface area contributed by atoms with Crippen LogP contribution in [-0.2, 0) is 27.0 Å². The molecule has 0 saturated heterocycles. The van der Waals surface area contributed by atoms with Crippen molar-refractivity contribution in [3.05, 3.63) is 29.6 Å². The van der Waals surface area contributed by atoms with E-state index in [-0.39, 0.29) is 24.7 Å². The van der Waals surface area contributed by atoms with Crippen molar-refractivity contribution in [3.63, 3.8) is 0 Å². The van der Waals surface area contributed by atoms with Crippen molar-refractivity contribution in [2.45, 2.75) is 39.2 Å². The van der Waals surface area contributed by atoms with Gasteiger partial charge in [0.15, 0.2) is 6.61 Å². The van der Waals surface area contributed by atoms with Gasteiger partial charge in [-0.1, -0.05) is 20.3 Å². The molecule has 0 aliphatic heterocycles. The van der Waals surface area contributed by atoms with E-state index in [1.165, 1.54) is 0 Å². The molecule has 0 aromatic carbocycles. The maximum absolute atomic E-state index is 12.6. The van der Waals surface area contributed by atoms with E-state index in [1.54, 1.807) is 13.8 Å². The van der Waals surface area contributed by atoms with E-state index < -0.39 is 36.4 Å². The zero-order chi connectivity index (χ0) is 20.8. The molecule has 0 aliphatic rings. The van der Waals surface area contributed by atoms with Crippen molar-refractivity contribution in [3.8, 4) is 0 Å². The van der Waals surface area contributed by atoms with Gasteiger partial charge in [0.25, 0.3) is 0 Å². The van der Waals surface area contributed by atoms with Gasteiger partial charge in [-0.25, -0.2) is 4.79 Å². The minimum atomic E-state index is -4.79. The van der Waals surface area contributed by atoms with Crippen molar-refractivity contribution >= 4 is 11.9 Å². The number of hydrogen-bond donors (Lipinski definition) is 0. The second-order valence-electron chi connectivity index (χ2n) is 5.93. The van der Waals surface area contributed by atoms with Gasteiger partial charge < -0.3 is 9.64 Å². The first-order valence-corrected chi connectivity index (χ1v) is 7.88. The highest BCUT2D eigenvalue weighted by molar-refractivity contribution is 6.32. The molecule has 1 atom stereocenters. The Balaban J connectivity index is 2.90. The summed E-state index contributed by atoms with van der Waals surface area (Å²) in [4.78, 5) is 28.2. The Morgan fingerprint density at radius 2 is 1.81 bits per heavy atom. The number of hydrogen-bond acceptors (Lipinski definition) is 4. The van der Waals surface area contributed by atoms with Gasteiger partial charge in [-0.15, -0.1) is 0 Å². The molecule has 1 aromatic heterocycles. The summed E-state index contributed by atoms with van der Waals surface area (Å²) in [5, 5.41) is 0. The SMILES string of the molecule is CC[C@@H](C)CN(Cc1ccc(C(F)(F)F)cn1)C(=O)C(=O)OCC(F)(F)F. The first-order chi connectivity index (χ1) is 12.3. The number of aromatic nitrogens is 1. The van der Waals surface area contributed by atoms with Crippen LogP contribution >= 0.6 is 0 Å². The van der Waals surface area contributed by atoms with Crippen molar-refractivity contribution in [2.24, 2.45) is 5.92 Å². The molecule has 152 valence electrons. The van der Waals surface area contributed by atoms with Crippen LogP contribution in [0.25, 0.3) is 0 Å². The van der Waals surface area contributed by atoms with Gasteiger partial charge in [-0.3, -0.25) is 9.78 Å². The molecular formula is C16H18F6N2O3. The molecule has 0 unspecified atom stereocenters. The number of ether oxygens (including phenoxy) is 1. The second kappa shape index (κ2) is 9.05. The van der Waals surface area contributed by atoms with Crippen LogP contribution in [-0.4, -0.2) is 41.1 Å². The largest absolute Gasteiger partial charge is 0.449 e. The lowest BCUT2D eigenvalue weighted by atomic mass is 10.1. The Hall–Kier alpha value is -2.33. The Morgan fingerprint density at radius 3 is 2.26 bits per heavy atom. The minimum absolute atomic E-state index is 0.000840. The molecule has 0 N–H and O–H groups in total. The highest BCUT2D eigenvalue weighted by Crippen LogP contribution is 2.28. The fourth-order valence-corrected chi connectivity index (χ4v) is 1.94. The first kappa shape index (κ1) is 22.7. The highest BCUT2D eigenvalue weighted by Gasteiger charge is 2.33. The number of pyridine rings is 1. The van der Waals surface area contributed by atoms with Crippen molar-refractivity contribution in [2.75, 3.05) is 13.2 Å². The second-order valence-corrected chi connectivity index (χ2v) is 5.93. The lowest BCUT2D eigenvalue weighted by Crippen LogP contribution is -2.40. The van der Waals surface area contributed by atoms with Crippen LogP contribution < -0.4 is 0 Å². The average molecular weight is 400 g/mol. The molecule has 1 amide bonds. The number of amides is 1. The monoisotopic (exact) mass is 400 g/mol. The third-order valence-electron chi connectivity index (χ3n) is 3.56. The van der Waals surface area contributed by atoms with Crippen LogP contribution in [0.4, 0.5) is 26.3 Å². The van der Waals surface area contributed by atoms with E-state index in [4.69, 9.17) is 0 Å². The Bertz CT molecular complexity index is 643. The summed E-state index contributed by atoms with van der Waals surface area (Å²) in [7, 11) is 0. The lowest BCUT2D eigenvalue weighted by molar-refractivity contribution is -0.189. The summed E-state index contributed by atoms with van der Waals surface area (Å²) in [5.41, 5.74) is -0.945. The van der Waals surface area contributed by atoms with E-state index in [9.17, 15) is 35.9 Å². The van der Waals surface area contributed by atoms with E-state index in [0.717, 1.165) is 17.0 Å². The smallest absolute Gasteiger partial charge is 0.422 e. The number of halogens is 6. The Kier molecular flexibility index (Phi) is 7.61. The van der Waals surface area contributed by atoms with E-state index in [0.29, 0.717) is 12.6 Å². The van der Waals surface area contributed by atoms with E-state index in [1.807, 2.05) is 0 Å². The van der Waals surface area contributed by atoms with Crippen LogP contribution in [0.15, 0.2) is 18.3 Å². The number of nitrogens with zero attached hydrogens (tertiary/aromatic N) is 2. The van der Waals surface area contributed by atoms with E-state index >= 15 is 0 Å².